The number of ether oxygens (including phenoxy) is 1. The number of hydrogen-bond acceptors (Lipinski definition) is 5. The number of hydrogen-bond donors (Lipinski definition) is 1. The van der Waals surface area contributed by atoms with Gasteiger partial charge in [-0.2, -0.15) is 0 Å². The predicted molar refractivity (Wildman–Crippen MR) is 108 cm³/mol. The summed E-state index contributed by atoms with van der Waals surface area (Å²) in [6.07, 6.45) is 4.61. The lowest BCUT2D eigenvalue weighted by atomic mass is 10.1. The highest BCUT2D eigenvalue weighted by Crippen LogP contribution is 2.26. The van der Waals surface area contributed by atoms with Crippen LogP contribution in [-0.2, 0) is 11.3 Å². The molecule has 7 nitrogen and oxygen atoms in total. The second-order valence-corrected chi connectivity index (χ2v) is 7.07. The molecule has 2 aromatic heterocycles. The van der Waals surface area contributed by atoms with Gasteiger partial charge in [-0.15, -0.1) is 0 Å². The zero-order chi connectivity index (χ0) is 20.2. The van der Waals surface area contributed by atoms with Gasteiger partial charge in [-0.3, -0.25) is 14.6 Å². The number of rotatable bonds is 6. The Labute approximate surface area is 168 Å². The van der Waals surface area contributed by atoms with Gasteiger partial charge in [-0.1, -0.05) is 12.1 Å². The van der Waals surface area contributed by atoms with Crippen molar-refractivity contribution in [3.8, 4) is 5.75 Å². The van der Waals surface area contributed by atoms with Crippen LogP contribution in [0.5, 0.6) is 5.75 Å². The van der Waals surface area contributed by atoms with E-state index in [-0.39, 0.29) is 17.9 Å². The number of amides is 2. The van der Waals surface area contributed by atoms with Crippen LogP contribution in [0.2, 0.25) is 0 Å². The monoisotopic (exact) mass is 390 g/mol. The second-order valence-electron chi connectivity index (χ2n) is 7.07. The molecule has 1 aromatic carbocycles. The minimum absolute atomic E-state index is 0.0248. The SMILES string of the molecule is COc1cc(C(=O)N(Cc2ccncc2)C[C@@H]2CCC(=O)N2)nc2ccccc12. The van der Waals surface area contributed by atoms with E-state index in [0.29, 0.717) is 42.9 Å². The van der Waals surface area contributed by atoms with Crippen molar-refractivity contribution < 1.29 is 14.3 Å². The van der Waals surface area contributed by atoms with E-state index in [9.17, 15) is 9.59 Å². The highest BCUT2D eigenvalue weighted by molar-refractivity contribution is 5.97. The number of para-hydroxylation sites is 1. The molecule has 148 valence electrons. The largest absolute Gasteiger partial charge is 0.496 e. The van der Waals surface area contributed by atoms with E-state index in [2.05, 4.69) is 15.3 Å². The number of methoxy groups -OCH3 is 1. The van der Waals surface area contributed by atoms with Gasteiger partial charge in [0.05, 0.1) is 12.6 Å². The Bertz CT molecular complexity index is 1040. The van der Waals surface area contributed by atoms with Gasteiger partial charge in [0.15, 0.2) is 0 Å². The van der Waals surface area contributed by atoms with Crippen LogP contribution in [0, 0.1) is 0 Å². The Morgan fingerprint density at radius 3 is 2.76 bits per heavy atom. The third-order valence-corrected chi connectivity index (χ3v) is 5.05. The number of nitrogens with zero attached hydrogens (tertiary/aromatic N) is 3. The summed E-state index contributed by atoms with van der Waals surface area (Å²) in [5, 5.41) is 3.80. The fraction of sp³-hybridized carbons (Fsp3) is 0.273. The molecule has 2 amide bonds. The number of carbonyl (C=O) groups is 2. The quantitative estimate of drug-likeness (QED) is 0.699. The first-order valence-electron chi connectivity index (χ1n) is 9.55. The van der Waals surface area contributed by atoms with Gasteiger partial charge < -0.3 is 15.0 Å². The van der Waals surface area contributed by atoms with E-state index in [0.717, 1.165) is 10.9 Å². The number of carbonyl (C=O) groups excluding carboxylic acids is 2. The van der Waals surface area contributed by atoms with Gasteiger partial charge in [-0.05, 0) is 36.2 Å². The van der Waals surface area contributed by atoms with Crippen LogP contribution in [0.25, 0.3) is 10.9 Å². The molecule has 1 atom stereocenters. The number of fused-ring (bicyclic) bond motifs is 1. The molecule has 1 aliphatic heterocycles. The van der Waals surface area contributed by atoms with Crippen molar-refractivity contribution in [3.05, 3.63) is 66.1 Å². The zero-order valence-corrected chi connectivity index (χ0v) is 16.2. The van der Waals surface area contributed by atoms with Crippen molar-refractivity contribution in [1.29, 1.82) is 0 Å². The minimum atomic E-state index is -0.202. The number of pyridine rings is 2. The minimum Gasteiger partial charge on any atom is -0.496 e. The fourth-order valence-corrected chi connectivity index (χ4v) is 3.59. The van der Waals surface area contributed by atoms with Gasteiger partial charge >= 0.3 is 0 Å². The highest BCUT2D eigenvalue weighted by Gasteiger charge is 2.27. The van der Waals surface area contributed by atoms with Crippen LogP contribution in [0.1, 0.15) is 28.9 Å². The first-order valence-corrected chi connectivity index (χ1v) is 9.55. The van der Waals surface area contributed by atoms with Crippen LogP contribution in [0.3, 0.4) is 0 Å². The lowest BCUT2D eigenvalue weighted by molar-refractivity contribution is -0.119. The summed E-state index contributed by atoms with van der Waals surface area (Å²) in [6.45, 7) is 0.828. The maximum absolute atomic E-state index is 13.4. The predicted octanol–water partition coefficient (Wildman–Crippen LogP) is 2.56. The van der Waals surface area contributed by atoms with Gasteiger partial charge in [-0.25, -0.2) is 4.98 Å². The normalized spacial score (nSPS) is 15.9. The molecule has 3 aromatic rings. The molecule has 0 radical (unpaired) electrons. The van der Waals surface area contributed by atoms with Crippen LogP contribution in [-0.4, -0.2) is 46.4 Å². The molecule has 1 aliphatic rings. The summed E-state index contributed by atoms with van der Waals surface area (Å²) in [4.78, 5) is 35.3. The summed E-state index contributed by atoms with van der Waals surface area (Å²) < 4.78 is 5.49. The molecule has 1 N–H and O–H groups in total. The van der Waals surface area contributed by atoms with Crippen molar-refractivity contribution in [2.24, 2.45) is 0 Å². The van der Waals surface area contributed by atoms with Crippen LogP contribution >= 0.6 is 0 Å². The molecule has 4 rings (SSSR count). The summed E-state index contributed by atoms with van der Waals surface area (Å²) >= 11 is 0. The van der Waals surface area contributed by atoms with Gasteiger partial charge in [0, 0.05) is 49.4 Å². The molecule has 0 bridgehead atoms. The van der Waals surface area contributed by atoms with E-state index >= 15 is 0 Å². The first-order chi connectivity index (χ1) is 14.1. The standard InChI is InChI=1S/C22H22N4O3/c1-29-20-12-19(25-18-5-3-2-4-17(18)20)22(28)26(13-15-8-10-23-11-9-15)14-16-6-7-21(27)24-16/h2-5,8-12,16H,6-7,13-14H2,1H3,(H,24,27)/t16-/m0/s1. The van der Waals surface area contributed by atoms with Gasteiger partial charge in [0.1, 0.15) is 11.4 Å². The Morgan fingerprint density at radius 2 is 2.03 bits per heavy atom. The number of benzene rings is 1. The van der Waals surface area contributed by atoms with E-state index in [1.54, 1.807) is 30.5 Å². The topological polar surface area (TPSA) is 84.4 Å². The molecule has 0 unspecified atom stereocenters. The molecule has 1 saturated heterocycles. The molecule has 29 heavy (non-hydrogen) atoms. The molecule has 0 spiro atoms. The zero-order valence-electron chi connectivity index (χ0n) is 16.2. The third-order valence-electron chi connectivity index (χ3n) is 5.05. The van der Waals surface area contributed by atoms with Crippen molar-refractivity contribution in [2.45, 2.75) is 25.4 Å². The van der Waals surface area contributed by atoms with Crippen molar-refractivity contribution in [2.75, 3.05) is 13.7 Å². The van der Waals surface area contributed by atoms with Crippen LogP contribution in [0.4, 0.5) is 0 Å². The second kappa shape index (κ2) is 8.26. The summed E-state index contributed by atoms with van der Waals surface area (Å²) in [5.41, 5.74) is 1.98. The Kier molecular flexibility index (Phi) is 5.37. The molecular weight excluding hydrogens is 368 g/mol. The molecule has 0 saturated carbocycles. The Balaban J connectivity index is 1.66. The lowest BCUT2D eigenvalue weighted by Gasteiger charge is -2.26. The average molecular weight is 390 g/mol. The molecule has 0 aliphatic carbocycles. The maximum atomic E-state index is 13.4. The highest BCUT2D eigenvalue weighted by atomic mass is 16.5. The van der Waals surface area contributed by atoms with Crippen molar-refractivity contribution >= 4 is 22.7 Å². The van der Waals surface area contributed by atoms with E-state index in [1.807, 2.05) is 36.4 Å². The molecule has 1 fully saturated rings. The smallest absolute Gasteiger partial charge is 0.272 e. The molecule has 7 heteroatoms. The Morgan fingerprint density at radius 1 is 1.24 bits per heavy atom. The summed E-state index contributed by atoms with van der Waals surface area (Å²) in [7, 11) is 1.58. The van der Waals surface area contributed by atoms with Gasteiger partial charge in [0.2, 0.25) is 5.91 Å². The van der Waals surface area contributed by atoms with Crippen molar-refractivity contribution in [3.63, 3.8) is 0 Å². The number of aromatic nitrogens is 2. The lowest BCUT2D eigenvalue weighted by Crippen LogP contribution is -2.41. The molecular formula is C22H22N4O3. The van der Waals surface area contributed by atoms with E-state index < -0.39 is 0 Å². The Hall–Kier alpha value is -3.48. The van der Waals surface area contributed by atoms with Crippen LogP contribution < -0.4 is 10.1 Å². The summed E-state index contributed by atoms with van der Waals surface area (Å²) in [5.74, 6) is 0.431. The van der Waals surface area contributed by atoms with Crippen LogP contribution in [0.15, 0.2) is 54.9 Å². The number of nitrogens with one attached hydrogen (secondary N) is 1. The average Bonchev–Trinajstić information content (AvgIpc) is 3.17. The summed E-state index contributed by atoms with van der Waals surface area (Å²) in [6, 6.07) is 12.9. The van der Waals surface area contributed by atoms with E-state index in [4.69, 9.17) is 4.74 Å². The maximum Gasteiger partial charge on any atom is 0.272 e. The fourth-order valence-electron chi connectivity index (χ4n) is 3.59. The third kappa shape index (κ3) is 4.18. The first kappa shape index (κ1) is 18.9. The molecule has 3 heterocycles. The van der Waals surface area contributed by atoms with Crippen molar-refractivity contribution in [1.82, 2.24) is 20.2 Å². The van der Waals surface area contributed by atoms with E-state index in [1.165, 1.54) is 0 Å². The van der Waals surface area contributed by atoms with Gasteiger partial charge in [0.25, 0.3) is 5.91 Å².